The van der Waals surface area contributed by atoms with Gasteiger partial charge < -0.3 is 9.64 Å². The minimum absolute atomic E-state index is 0.134. The number of carbonyl (C=O) groups excluding carboxylic acids is 2. The second kappa shape index (κ2) is 16.6. The van der Waals surface area contributed by atoms with Crippen molar-refractivity contribution < 1.29 is 23.1 Å². The highest BCUT2D eigenvalue weighted by molar-refractivity contribution is 5.94. The fourth-order valence-corrected chi connectivity index (χ4v) is 4.56. The second-order valence-electron chi connectivity index (χ2n) is 9.60. The first kappa shape index (κ1) is 28.3. The predicted molar refractivity (Wildman–Crippen MR) is 132 cm³/mol. The van der Waals surface area contributed by atoms with Crippen molar-refractivity contribution in [3.63, 3.8) is 0 Å². The third-order valence-corrected chi connectivity index (χ3v) is 6.77. The normalized spacial score (nSPS) is 14.4. The first-order chi connectivity index (χ1) is 16.5. The van der Waals surface area contributed by atoms with Gasteiger partial charge in [-0.1, -0.05) is 84.0 Å². The van der Waals surface area contributed by atoms with E-state index in [1.807, 2.05) is 0 Å². The van der Waals surface area contributed by atoms with Gasteiger partial charge in [0.25, 0.3) is 5.91 Å². The SMILES string of the molecule is CCCCCCCCCCCCCCCOC(=O)C1CCN(C(=O)c2ccc(F)cc2F)CC1. The Bertz CT molecular complexity index is 732. The van der Waals surface area contributed by atoms with E-state index in [-0.39, 0.29) is 17.5 Å². The van der Waals surface area contributed by atoms with Crippen molar-refractivity contribution in [2.24, 2.45) is 5.92 Å². The summed E-state index contributed by atoms with van der Waals surface area (Å²) in [5.74, 6) is -2.44. The average Bonchev–Trinajstić information content (AvgIpc) is 2.84. The molecule has 192 valence electrons. The molecule has 0 aromatic heterocycles. The van der Waals surface area contributed by atoms with Crippen molar-refractivity contribution in [3.05, 3.63) is 35.4 Å². The van der Waals surface area contributed by atoms with Gasteiger partial charge in [0.05, 0.1) is 18.1 Å². The van der Waals surface area contributed by atoms with E-state index < -0.39 is 17.5 Å². The average molecular weight is 480 g/mol. The van der Waals surface area contributed by atoms with E-state index >= 15 is 0 Å². The molecular formula is C28H43F2NO3. The van der Waals surface area contributed by atoms with Crippen molar-refractivity contribution in [1.82, 2.24) is 4.90 Å². The molecule has 0 atom stereocenters. The molecule has 2 rings (SSSR count). The maximum absolute atomic E-state index is 13.9. The van der Waals surface area contributed by atoms with Crippen LogP contribution in [0.3, 0.4) is 0 Å². The van der Waals surface area contributed by atoms with Crippen LogP contribution in [0, 0.1) is 17.6 Å². The molecule has 1 amide bonds. The standard InChI is InChI=1S/C28H43F2NO3/c1-2-3-4-5-6-7-8-9-10-11-12-13-14-21-34-28(33)23-17-19-31(20-18-23)27(32)25-16-15-24(29)22-26(25)30/h15-16,22-23H,2-14,17-21H2,1H3. The number of ether oxygens (including phenoxy) is 1. The lowest BCUT2D eigenvalue weighted by atomic mass is 9.96. The lowest BCUT2D eigenvalue weighted by Crippen LogP contribution is -2.41. The van der Waals surface area contributed by atoms with Gasteiger partial charge in [0.15, 0.2) is 0 Å². The van der Waals surface area contributed by atoms with Crippen molar-refractivity contribution >= 4 is 11.9 Å². The van der Waals surface area contributed by atoms with Gasteiger partial charge in [-0.15, -0.1) is 0 Å². The highest BCUT2D eigenvalue weighted by Crippen LogP contribution is 2.22. The number of likely N-dealkylation sites (tertiary alicyclic amines) is 1. The Labute approximate surface area is 204 Å². The largest absolute Gasteiger partial charge is 0.465 e. The van der Waals surface area contributed by atoms with Crippen molar-refractivity contribution in [2.75, 3.05) is 19.7 Å². The summed E-state index contributed by atoms with van der Waals surface area (Å²) in [6.45, 7) is 3.45. The van der Waals surface area contributed by atoms with Crippen LogP contribution < -0.4 is 0 Å². The van der Waals surface area contributed by atoms with Crippen LogP contribution in [-0.2, 0) is 9.53 Å². The number of hydrogen-bond donors (Lipinski definition) is 0. The zero-order chi connectivity index (χ0) is 24.6. The van der Waals surface area contributed by atoms with E-state index in [4.69, 9.17) is 4.74 Å². The van der Waals surface area contributed by atoms with Crippen molar-refractivity contribution in [2.45, 2.75) is 103 Å². The summed E-state index contributed by atoms with van der Waals surface area (Å²) in [6.07, 6.45) is 17.6. The quantitative estimate of drug-likeness (QED) is 0.183. The summed E-state index contributed by atoms with van der Waals surface area (Å²) in [6, 6.07) is 2.97. The maximum atomic E-state index is 13.9. The number of esters is 1. The molecule has 1 aliphatic heterocycles. The summed E-state index contributed by atoms with van der Waals surface area (Å²) < 4.78 is 32.4. The summed E-state index contributed by atoms with van der Waals surface area (Å²) in [4.78, 5) is 26.3. The Balaban J connectivity index is 1.47. The summed E-state index contributed by atoms with van der Waals surface area (Å²) >= 11 is 0. The van der Waals surface area contributed by atoms with Crippen molar-refractivity contribution in [3.8, 4) is 0 Å². The Hall–Kier alpha value is -1.98. The number of piperidine rings is 1. The molecule has 1 aliphatic rings. The fraction of sp³-hybridized carbons (Fsp3) is 0.714. The first-order valence-electron chi connectivity index (χ1n) is 13.4. The number of carbonyl (C=O) groups is 2. The van der Waals surface area contributed by atoms with E-state index in [0.717, 1.165) is 18.9 Å². The summed E-state index contributed by atoms with van der Waals surface area (Å²) in [5, 5.41) is 0. The molecule has 0 saturated carbocycles. The Morgan fingerprint density at radius 1 is 0.853 bits per heavy atom. The molecular weight excluding hydrogens is 436 g/mol. The number of amides is 1. The number of hydrogen-bond acceptors (Lipinski definition) is 3. The maximum Gasteiger partial charge on any atom is 0.309 e. The van der Waals surface area contributed by atoms with Gasteiger partial charge in [0.2, 0.25) is 0 Å². The molecule has 1 saturated heterocycles. The third-order valence-electron chi connectivity index (χ3n) is 6.77. The molecule has 0 bridgehead atoms. The highest BCUT2D eigenvalue weighted by Gasteiger charge is 2.29. The zero-order valence-corrected chi connectivity index (χ0v) is 21.0. The Morgan fingerprint density at radius 2 is 1.38 bits per heavy atom. The number of benzene rings is 1. The van der Waals surface area contributed by atoms with Crippen LogP contribution in [0.25, 0.3) is 0 Å². The van der Waals surface area contributed by atoms with Crippen LogP contribution in [0.5, 0.6) is 0 Å². The first-order valence-corrected chi connectivity index (χ1v) is 13.4. The Kier molecular flexibility index (Phi) is 13.8. The highest BCUT2D eigenvalue weighted by atomic mass is 19.1. The molecule has 4 nitrogen and oxygen atoms in total. The van der Waals surface area contributed by atoms with Crippen LogP contribution in [0.4, 0.5) is 8.78 Å². The molecule has 1 heterocycles. The van der Waals surface area contributed by atoms with Crippen LogP contribution in [-0.4, -0.2) is 36.5 Å². The molecule has 34 heavy (non-hydrogen) atoms. The van der Waals surface area contributed by atoms with Gasteiger partial charge in [-0.05, 0) is 31.4 Å². The minimum atomic E-state index is -0.857. The van der Waals surface area contributed by atoms with E-state index in [9.17, 15) is 18.4 Å². The van der Waals surface area contributed by atoms with Gasteiger partial charge in [0, 0.05) is 19.2 Å². The topological polar surface area (TPSA) is 46.6 Å². The molecule has 6 heteroatoms. The van der Waals surface area contributed by atoms with E-state index in [1.54, 1.807) is 0 Å². The number of unbranched alkanes of at least 4 members (excludes halogenated alkanes) is 12. The second-order valence-corrected chi connectivity index (χ2v) is 9.60. The lowest BCUT2D eigenvalue weighted by Gasteiger charge is -2.31. The van der Waals surface area contributed by atoms with E-state index in [0.29, 0.717) is 38.6 Å². The third kappa shape index (κ3) is 10.5. The number of rotatable bonds is 16. The summed E-state index contributed by atoms with van der Waals surface area (Å²) in [5.41, 5.74) is -0.134. The van der Waals surface area contributed by atoms with E-state index in [1.165, 1.54) is 81.6 Å². The fourth-order valence-electron chi connectivity index (χ4n) is 4.56. The van der Waals surface area contributed by atoms with Gasteiger partial charge in [-0.25, -0.2) is 8.78 Å². The molecule has 1 fully saturated rings. The number of halogens is 2. The van der Waals surface area contributed by atoms with Gasteiger partial charge in [-0.2, -0.15) is 0 Å². The number of nitrogens with zero attached hydrogens (tertiary/aromatic N) is 1. The molecule has 0 aliphatic carbocycles. The molecule has 0 N–H and O–H groups in total. The predicted octanol–water partition coefficient (Wildman–Crippen LogP) is 7.45. The smallest absolute Gasteiger partial charge is 0.309 e. The minimum Gasteiger partial charge on any atom is -0.465 e. The molecule has 1 aromatic carbocycles. The van der Waals surface area contributed by atoms with Crippen LogP contribution >= 0.6 is 0 Å². The van der Waals surface area contributed by atoms with Gasteiger partial charge >= 0.3 is 5.97 Å². The van der Waals surface area contributed by atoms with Crippen molar-refractivity contribution in [1.29, 1.82) is 0 Å². The monoisotopic (exact) mass is 479 g/mol. The summed E-state index contributed by atoms with van der Waals surface area (Å²) in [7, 11) is 0. The molecule has 0 spiro atoms. The van der Waals surface area contributed by atoms with Crippen LogP contribution in [0.2, 0.25) is 0 Å². The van der Waals surface area contributed by atoms with E-state index in [2.05, 4.69) is 6.92 Å². The van der Waals surface area contributed by atoms with Crippen LogP contribution in [0.15, 0.2) is 18.2 Å². The van der Waals surface area contributed by atoms with Gasteiger partial charge in [0.1, 0.15) is 11.6 Å². The zero-order valence-electron chi connectivity index (χ0n) is 21.0. The van der Waals surface area contributed by atoms with Gasteiger partial charge in [-0.3, -0.25) is 9.59 Å². The molecule has 0 unspecified atom stereocenters. The molecule has 1 aromatic rings. The Morgan fingerprint density at radius 3 is 1.91 bits per heavy atom. The molecule has 0 radical (unpaired) electrons. The van der Waals surface area contributed by atoms with Crippen LogP contribution in [0.1, 0.15) is 114 Å². The lowest BCUT2D eigenvalue weighted by molar-refractivity contribution is -0.150.